The van der Waals surface area contributed by atoms with Crippen LogP contribution >= 0.6 is 23.5 Å². The molecule has 262 valence electrons. The van der Waals surface area contributed by atoms with Gasteiger partial charge in [0.05, 0.1) is 0 Å². The lowest BCUT2D eigenvalue weighted by Crippen LogP contribution is -2.17. The van der Waals surface area contributed by atoms with Crippen molar-refractivity contribution in [2.75, 3.05) is 11.5 Å². The van der Waals surface area contributed by atoms with E-state index in [2.05, 4.69) is 195 Å². The third kappa shape index (κ3) is 6.66. The normalized spacial score (nSPS) is 21.5. The smallest absolute Gasteiger partial charge is 0.0335 e. The van der Waals surface area contributed by atoms with Crippen molar-refractivity contribution in [3.63, 3.8) is 0 Å². The Hall–Kier alpha value is -4.50. The van der Waals surface area contributed by atoms with Crippen LogP contribution in [-0.4, -0.2) is 11.5 Å². The van der Waals surface area contributed by atoms with E-state index in [4.69, 9.17) is 0 Å². The molecular formula is C51H46S2. The highest BCUT2D eigenvalue weighted by atomic mass is 32.2. The zero-order chi connectivity index (χ0) is 35.7. The van der Waals surface area contributed by atoms with Gasteiger partial charge >= 0.3 is 0 Å². The van der Waals surface area contributed by atoms with E-state index in [1.54, 1.807) is 16.7 Å². The summed E-state index contributed by atoms with van der Waals surface area (Å²) in [5.74, 6) is 4.12. The van der Waals surface area contributed by atoms with Crippen LogP contribution in [0.1, 0.15) is 49.5 Å². The average molecular weight is 723 g/mol. The van der Waals surface area contributed by atoms with E-state index in [0.29, 0.717) is 23.0 Å². The first kappa shape index (κ1) is 34.3. The molecule has 2 heterocycles. The predicted octanol–water partition coefficient (Wildman–Crippen LogP) is 14.7. The summed E-state index contributed by atoms with van der Waals surface area (Å²) in [7, 11) is 0. The van der Waals surface area contributed by atoms with Gasteiger partial charge in [-0.05, 0) is 106 Å². The van der Waals surface area contributed by atoms with Gasteiger partial charge in [0.15, 0.2) is 0 Å². The summed E-state index contributed by atoms with van der Waals surface area (Å²) in [5, 5.41) is 0.482. The molecule has 0 radical (unpaired) electrons. The second kappa shape index (κ2) is 15.1. The summed E-state index contributed by atoms with van der Waals surface area (Å²) in [4.78, 5) is 1.49. The lowest BCUT2D eigenvalue weighted by Gasteiger charge is -2.26. The SMILES string of the molecule is CC1=C(c2ccc(-c3ccccc3)cc2-c2ccccc2)SCC1C1=C(C2CSC(c3ccc(-c4ccccc4)cc3-c3ccccc3)C2C)CCC1. The lowest BCUT2D eigenvalue weighted by molar-refractivity contribution is 0.452. The summed E-state index contributed by atoms with van der Waals surface area (Å²) < 4.78 is 0. The molecule has 6 aromatic carbocycles. The lowest BCUT2D eigenvalue weighted by atomic mass is 9.78. The van der Waals surface area contributed by atoms with Crippen molar-refractivity contribution in [2.45, 2.75) is 38.4 Å². The van der Waals surface area contributed by atoms with Gasteiger partial charge in [-0.25, -0.2) is 0 Å². The summed E-state index contributed by atoms with van der Waals surface area (Å²) in [6.07, 6.45) is 3.82. The molecule has 0 N–H and O–H groups in total. The molecule has 0 bridgehead atoms. The van der Waals surface area contributed by atoms with Crippen molar-refractivity contribution >= 4 is 28.4 Å². The van der Waals surface area contributed by atoms with E-state index < -0.39 is 0 Å². The fourth-order valence-electron chi connectivity index (χ4n) is 9.23. The van der Waals surface area contributed by atoms with Crippen LogP contribution in [0.15, 0.2) is 174 Å². The Kier molecular flexibility index (Phi) is 9.76. The molecule has 0 spiro atoms. The van der Waals surface area contributed by atoms with E-state index >= 15 is 0 Å². The second-order valence-electron chi connectivity index (χ2n) is 15.0. The highest BCUT2D eigenvalue weighted by Gasteiger charge is 2.41. The van der Waals surface area contributed by atoms with Gasteiger partial charge in [-0.3, -0.25) is 0 Å². The van der Waals surface area contributed by atoms with E-state index in [0.717, 1.165) is 5.75 Å². The quantitative estimate of drug-likeness (QED) is 0.143. The van der Waals surface area contributed by atoms with Crippen LogP contribution in [0.25, 0.3) is 49.4 Å². The Bertz CT molecular complexity index is 2290. The first-order valence-corrected chi connectivity index (χ1v) is 21.3. The van der Waals surface area contributed by atoms with E-state index in [-0.39, 0.29) is 0 Å². The fourth-order valence-corrected chi connectivity index (χ4v) is 12.5. The number of thioether (sulfide) groups is 2. The Morgan fingerprint density at radius 1 is 0.491 bits per heavy atom. The minimum atomic E-state index is 0.482. The Morgan fingerprint density at radius 3 is 1.64 bits per heavy atom. The highest BCUT2D eigenvalue weighted by molar-refractivity contribution is 8.08. The van der Waals surface area contributed by atoms with Crippen LogP contribution in [0.3, 0.4) is 0 Å². The Labute approximate surface area is 324 Å². The van der Waals surface area contributed by atoms with Crippen molar-refractivity contribution < 1.29 is 0 Å². The standard InChI is InChI=1S/C51H46S2/c1-34-48(32-52-50(34)44-28-26-40(36-16-7-3-8-17-36)30-46(44)38-20-11-5-12-21-38)42-24-15-25-43(42)49-33-53-51(35(49)2)45-29-27-41(37-18-9-4-10-19-37)31-47(45)39-22-13-6-14-23-39/h3-14,16-23,26-31,34,48-50H,15,24-25,32-33H2,1-2H3. The first-order valence-electron chi connectivity index (χ1n) is 19.3. The number of hydrogen-bond acceptors (Lipinski definition) is 2. The van der Waals surface area contributed by atoms with Gasteiger partial charge in [-0.15, -0.1) is 11.8 Å². The predicted molar refractivity (Wildman–Crippen MR) is 232 cm³/mol. The number of allylic oxidation sites excluding steroid dienone is 3. The molecule has 9 rings (SSSR count). The Balaban J connectivity index is 1.04. The van der Waals surface area contributed by atoms with Crippen molar-refractivity contribution in [1.82, 2.24) is 0 Å². The largest absolute Gasteiger partial charge is 0.153 e. The third-order valence-electron chi connectivity index (χ3n) is 12.0. The van der Waals surface area contributed by atoms with Gasteiger partial charge in [0, 0.05) is 27.6 Å². The van der Waals surface area contributed by atoms with Crippen LogP contribution in [-0.2, 0) is 0 Å². The molecule has 0 nitrogen and oxygen atoms in total. The molecule has 2 aliphatic heterocycles. The molecule has 3 aliphatic rings. The van der Waals surface area contributed by atoms with Gasteiger partial charge in [0.2, 0.25) is 0 Å². The summed E-state index contributed by atoms with van der Waals surface area (Å²) in [6.45, 7) is 5.00. The summed E-state index contributed by atoms with van der Waals surface area (Å²) in [6, 6.07) is 58.1. The third-order valence-corrected chi connectivity index (χ3v) is 14.9. The van der Waals surface area contributed by atoms with Crippen molar-refractivity contribution in [1.29, 1.82) is 0 Å². The molecule has 2 heteroatoms. The summed E-state index contributed by atoms with van der Waals surface area (Å²) in [5.41, 5.74) is 18.5. The molecule has 1 saturated heterocycles. The molecule has 0 aromatic heterocycles. The van der Waals surface area contributed by atoms with Crippen LogP contribution in [0, 0.1) is 17.8 Å². The minimum absolute atomic E-state index is 0.482. The summed E-state index contributed by atoms with van der Waals surface area (Å²) >= 11 is 4.29. The van der Waals surface area contributed by atoms with Gasteiger partial charge in [0.25, 0.3) is 0 Å². The van der Waals surface area contributed by atoms with Gasteiger partial charge in [-0.2, -0.15) is 11.8 Å². The van der Waals surface area contributed by atoms with Crippen LogP contribution in [0.5, 0.6) is 0 Å². The first-order chi connectivity index (χ1) is 26.1. The van der Waals surface area contributed by atoms with Crippen molar-refractivity contribution in [2.24, 2.45) is 17.8 Å². The number of benzene rings is 6. The molecule has 0 amide bonds. The molecular weight excluding hydrogens is 677 g/mol. The minimum Gasteiger partial charge on any atom is -0.153 e. The number of rotatable bonds is 8. The zero-order valence-corrected chi connectivity index (χ0v) is 32.3. The van der Waals surface area contributed by atoms with Crippen LogP contribution < -0.4 is 0 Å². The van der Waals surface area contributed by atoms with E-state index in [1.807, 2.05) is 0 Å². The molecule has 4 unspecified atom stereocenters. The fraction of sp³-hybridized carbons (Fsp3) is 0.216. The maximum Gasteiger partial charge on any atom is 0.0335 e. The monoisotopic (exact) mass is 722 g/mol. The van der Waals surface area contributed by atoms with Gasteiger partial charge < -0.3 is 0 Å². The average Bonchev–Trinajstić information content (AvgIpc) is 3.96. The molecule has 1 fully saturated rings. The topological polar surface area (TPSA) is 0 Å². The van der Waals surface area contributed by atoms with Crippen LogP contribution in [0.4, 0.5) is 0 Å². The van der Waals surface area contributed by atoms with Gasteiger partial charge in [0.1, 0.15) is 0 Å². The zero-order valence-electron chi connectivity index (χ0n) is 30.7. The molecule has 1 aliphatic carbocycles. The van der Waals surface area contributed by atoms with Crippen molar-refractivity contribution in [3.8, 4) is 44.5 Å². The van der Waals surface area contributed by atoms with Gasteiger partial charge in [-0.1, -0.05) is 169 Å². The van der Waals surface area contributed by atoms with Crippen molar-refractivity contribution in [3.05, 3.63) is 186 Å². The molecule has 0 saturated carbocycles. The van der Waals surface area contributed by atoms with Crippen LogP contribution in [0.2, 0.25) is 0 Å². The molecule has 53 heavy (non-hydrogen) atoms. The second-order valence-corrected chi connectivity index (χ2v) is 17.2. The highest BCUT2D eigenvalue weighted by Crippen LogP contribution is 2.57. The number of hydrogen-bond donors (Lipinski definition) is 0. The molecule has 4 atom stereocenters. The molecule has 6 aromatic rings. The maximum atomic E-state index is 2.55. The Morgan fingerprint density at radius 2 is 1.02 bits per heavy atom. The van der Waals surface area contributed by atoms with E-state index in [1.165, 1.54) is 85.6 Å². The maximum absolute atomic E-state index is 2.55. The van der Waals surface area contributed by atoms with E-state index in [9.17, 15) is 0 Å².